The second-order valence-corrected chi connectivity index (χ2v) is 4.15. The minimum absolute atomic E-state index is 0.0141. The van der Waals surface area contributed by atoms with Crippen LogP contribution < -0.4 is 11.1 Å². The zero-order chi connectivity index (χ0) is 14.3. The van der Waals surface area contributed by atoms with E-state index >= 15 is 0 Å². The van der Waals surface area contributed by atoms with Gasteiger partial charge >= 0.3 is 5.97 Å². The highest BCUT2D eigenvalue weighted by Gasteiger charge is 2.27. The first kappa shape index (κ1) is 16.4. The Morgan fingerprint density at radius 2 is 1.89 bits per heavy atom. The zero-order valence-corrected chi connectivity index (χ0v) is 11.2. The molecule has 1 atom stereocenters. The van der Waals surface area contributed by atoms with Gasteiger partial charge in [-0.15, -0.1) is 0 Å². The van der Waals surface area contributed by atoms with Crippen molar-refractivity contribution in [2.45, 2.75) is 32.9 Å². The van der Waals surface area contributed by atoms with Crippen molar-refractivity contribution in [3.05, 3.63) is 0 Å². The number of nitrogens with two attached hydrogens (primary N) is 1. The first-order chi connectivity index (χ1) is 8.29. The number of amides is 2. The number of rotatable bonds is 6. The molecule has 0 rings (SSSR count). The van der Waals surface area contributed by atoms with Gasteiger partial charge in [0.25, 0.3) is 5.91 Å². The molecular weight excluding hydrogens is 238 g/mol. The molecular formula is C11H21N3O4. The summed E-state index contributed by atoms with van der Waals surface area (Å²) in [6.07, 6.45) is 0. The van der Waals surface area contributed by atoms with Gasteiger partial charge in [0, 0.05) is 13.1 Å². The predicted octanol–water partition coefficient (Wildman–Crippen LogP) is -1.14. The van der Waals surface area contributed by atoms with Gasteiger partial charge in [-0.25, -0.2) is 4.79 Å². The van der Waals surface area contributed by atoms with E-state index in [0.717, 1.165) is 4.90 Å². The molecule has 0 saturated heterocycles. The lowest BCUT2D eigenvalue weighted by molar-refractivity contribution is -0.151. The molecule has 0 spiro atoms. The van der Waals surface area contributed by atoms with Crippen LogP contribution in [0.1, 0.15) is 20.8 Å². The van der Waals surface area contributed by atoms with Crippen molar-refractivity contribution in [2.24, 2.45) is 5.73 Å². The van der Waals surface area contributed by atoms with Crippen LogP contribution in [0.15, 0.2) is 0 Å². The van der Waals surface area contributed by atoms with Crippen LogP contribution in [0.2, 0.25) is 0 Å². The van der Waals surface area contributed by atoms with Crippen molar-refractivity contribution >= 4 is 17.8 Å². The van der Waals surface area contributed by atoms with E-state index in [9.17, 15) is 14.4 Å². The molecule has 3 N–H and O–H groups in total. The largest absolute Gasteiger partial charge is 0.464 e. The summed E-state index contributed by atoms with van der Waals surface area (Å²) in [7, 11) is 1.40. The molecule has 0 aliphatic heterocycles. The van der Waals surface area contributed by atoms with Crippen LogP contribution in [0.3, 0.4) is 0 Å². The van der Waals surface area contributed by atoms with E-state index in [4.69, 9.17) is 5.73 Å². The molecule has 0 saturated carbocycles. The van der Waals surface area contributed by atoms with E-state index in [2.05, 4.69) is 10.1 Å². The molecule has 0 aromatic rings. The number of hydrogen-bond donors (Lipinski definition) is 2. The molecule has 0 radical (unpaired) electrons. The zero-order valence-electron chi connectivity index (χ0n) is 11.2. The lowest BCUT2D eigenvalue weighted by Crippen LogP contribution is -2.50. The quantitative estimate of drug-likeness (QED) is 0.464. The lowest BCUT2D eigenvalue weighted by Gasteiger charge is -2.20. The van der Waals surface area contributed by atoms with Crippen molar-refractivity contribution in [3.63, 3.8) is 0 Å². The van der Waals surface area contributed by atoms with Crippen LogP contribution in [0.4, 0.5) is 0 Å². The van der Waals surface area contributed by atoms with Gasteiger partial charge < -0.3 is 20.7 Å². The Kier molecular flexibility index (Phi) is 6.96. The second-order valence-electron chi connectivity index (χ2n) is 4.15. The fraction of sp³-hybridized carbons (Fsp3) is 0.727. The number of nitrogens with zero attached hydrogens (tertiary/aromatic N) is 1. The summed E-state index contributed by atoms with van der Waals surface area (Å²) in [5.74, 6) is -1.75. The van der Waals surface area contributed by atoms with Crippen LogP contribution in [-0.4, -0.2) is 55.0 Å². The van der Waals surface area contributed by atoms with Gasteiger partial charge in [-0.1, -0.05) is 0 Å². The molecule has 104 valence electrons. The Morgan fingerprint density at radius 1 is 1.33 bits per heavy atom. The maximum absolute atomic E-state index is 11.7. The van der Waals surface area contributed by atoms with Crippen molar-refractivity contribution < 1.29 is 19.1 Å². The molecule has 0 aromatic carbocycles. The molecule has 0 bridgehead atoms. The van der Waals surface area contributed by atoms with E-state index in [-0.39, 0.29) is 25.1 Å². The fourth-order valence-corrected chi connectivity index (χ4v) is 1.23. The van der Waals surface area contributed by atoms with Gasteiger partial charge in [-0.3, -0.25) is 9.59 Å². The highest BCUT2D eigenvalue weighted by Crippen LogP contribution is 1.94. The predicted molar refractivity (Wildman–Crippen MR) is 65.5 cm³/mol. The average Bonchev–Trinajstić information content (AvgIpc) is 2.25. The smallest absolute Gasteiger partial charge is 0.332 e. The standard InChI is InChI=1S/C11H21N3O4/c1-5-18-11(17)9(12)10(16)14(4)6-8(15)13-7(2)3/h7,9H,5-6,12H2,1-4H3,(H,13,15). The molecule has 0 fully saturated rings. The summed E-state index contributed by atoms with van der Waals surface area (Å²) in [6.45, 7) is 5.24. The van der Waals surface area contributed by atoms with E-state index in [1.165, 1.54) is 7.05 Å². The van der Waals surface area contributed by atoms with Gasteiger partial charge in [-0.2, -0.15) is 0 Å². The Balaban J connectivity index is 4.33. The Hall–Kier alpha value is -1.63. The number of ether oxygens (including phenoxy) is 1. The van der Waals surface area contributed by atoms with Gasteiger partial charge in [0.1, 0.15) is 0 Å². The van der Waals surface area contributed by atoms with Crippen molar-refractivity contribution in [1.82, 2.24) is 10.2 Å². The van der Waals surface area contributed by atoms with Gasteiger partial charge in [-0.05, 0) is 20.8 Å². The summed E-state index contributed by atoms with van der Waals surface area (Å²) in [4.78, 5) is 35.5. The molecule has 0 aromatic heterocycles. The number of carbonyl (C=O) groups is 3. The third-order valence-corrected chi connectivity index (χ3v) is 2.01. The molecule has 7 nitrogen and oxygen atoms in total. The molecule has 18 heavy (non-hydrogen) atoms. The first-order valence-electron chi connectivity index (χ1n) is 5.76. The normalized spacial score (nSPS) is 11.9. The maximum Gasteiger partial charge on any atom is 0.332 e. The van der Waals surface area contributed by atoms with Crippen molar-refractivity contribution in [2.75, 3.05) is 20.2 Å². The van der Waals surface area contributed by atoms with E-state index in [0.29, 0.717) is 0 Å². The SMILES string of the molecule is CCOC(=O)C(N)C(=O)N(C)CC(=O)NC(C)C. The van der Waals surface area contributed by atoms with Crippen LogP contribution >= 0.6 is 0 Å². The summed E-state index contributed by atoms with van der Waals surface area (Å²) in [5, 5.41) is 2.63. The third-order valence-electron chi connectivity index (χ3n) is 2.01. The Bertz CT molecular complexity index is 317. The first-order valence-corrected chi connectivity index (χ1v) is 5.76. The Labute approximate surface area is 107 Å². The molecule has 7 heteroatoms. The summed E-state index contributed by atoms with van der Waals surface area (Å²) < 4.78 is 4.63. The molecule has 0 heterocycles. The second kappa shape index (κ2) is 7.65. The molecule has 1 unspecified atom stereocenters. The summed E-state index contributed by atoms with van der Waals surface area (Å²) in [5.41, 5.74) is 5.43. The van der Waals surface area contributed by atoms with Crippen LogP contribution in [0.5, 0.6) is 0 Å². The molecule has 2 amide bonds. The number of hydrogen-bond acceptors (Lipinski definition) is 5. The highest BCUT2D eigenvalue weighted by molar-refractivity contribution is 6.02. The summed E-state index contributed by atoms with van der Waals surface area (Å²) >= 11 is 0. The van der Waals surface area contributed by atoms with E-state index < -0.39 is 17.9 Å². The summed E-state index contributed by atoms with van der Waals surface area (Å²) in [6, 6.07) is -1.40. The van der Waals surface area contributed by atoms with E-state index in [1.807, 2.05) is 13.8 Å². The van der Waals surface area contributed by atoms with Gasteiger partial charge in [0.05, 0.1) is 13.2 Å². The minimum Gasteiger partial charge on any atom is -0.464 e. The average molecular weight is 259 g/mol. The van der Waals surface area contributed by atoms with Crippen LogP contribution in [0, 0.1) is 0 Å². The number of carbonyl (C=O) groups excluding carboxylic acids is 3. The highest BCUT2D eigenvalue weighted by atomic mass is 16.5. The monoisotopic (exact) mass is 259 g/mol. The molecule has 0 aliphatic carbocycles. The van der Waals surface area contributed by atoms with E-state index in [1.54, 1.807) is 6.92 Å². The van der Waals surface area contributed by atoms with Gasteiger partial charge in [0.15, 0.2) is 6.04 Å². The fourth-order valence-electron chi connectivity index (χ4n) is 1.23. The Morgan fingerprint density at radius 3 is 2.33 bits per heavy atom. The maximum atomic E-state index is 11.7. The number of esters is 1. The topological polar surface area (TPSA) is 102 Å². The van der Waals surface area contributed by atoms with Crippen LogP contribution in [-0.2, 0) is 19.1 Å². The van der Waals surface area contributed by atoms with Crippen molar-refractivity contribution in [3.8, 4) is 0 Å². The molecule has 0 aliphatic rings. The van der Waals surface area contributed by atoms with Gasteiger partial charge in [0.2, 0.25) is 5.91 Å². The number of nitrogens with one attached hydrogen (secondary N) is 1. The lowest BCUT2D eigenvalue weighted by atomic mass is 10.2. The number of likely N-dealkylation sites (N-methyl/N-ethyl adjacent to an activating group) is 1. The minimum atomic E-state index is -1.39. The third kappa shape index (κ3) is 5.62. The van der Waals surface area contributed by atoms with Crippen LogP contribution in [0.25, 0.3) is 0 Å². The van der Waals surface area contributed by atoms with Crippen molar-refractivity contribution in [1.29, 1.82) is 0 Å².